The van der Waals surface area contributed by atoms with Crippen LogP contribution >= 0.6 is 0 Å². The molecule has 0 saturated carbocycles. The van der Waals surface area contributed by atoms with E-state index in [2.05, 4.69) is 0 Å². The zero-order chi connectivity index (χ0) is 16.5. The van der Waals surface area contributed by atoms with Gasteiger partial charge in [-0.2, -0.15) is 0 Å². The molecule has 7 nitrogen and oxygen atoms in total. The number of aromatic carboxylic acids is 1. The molecule has 0 radical (unpaired) electrons. The molecule has 0 aliphatic rings. The van der Waals surface area contributed by atoms with Crippen molar-refractivity contribution in [2.45, 2.75) is 39.5 Å². The molecule has 1 rings (SSSR count). The number of carbonyl (C=O) groups is 1. The summed E-state index contributed by atoms with van der Waals surface area (Å²) >= 11 is 0. The van der Waals surface area contributed by atoms with Gasteiger partial charge in [0.1, 0.15) is 0 Å². The van der Waals surface area contributed by atoms with Crippen LogP contribution in [-0.4, -0.2) is 29.2 Å². The lowest BCUT2D eigenvalue weighted by molar-refractivity contribution is -0.386. The van der Waals surface area contributed by atoms with Crippen molar-refractivity contribution in [2.24, 2.45) is 0 Å². The minimum Gasteiger partial charge on any atom is -0.489 e. The van der Waals surface area contributed by atoms with E-state index in [9.17, 15) is 14.9 Å². The van der Waals surface area contributed by atoms with Crippen LogP contribution in [0, 0.1) is 10.1 Å². The fourth-order valence-electron chi connectivity index (χ4n) is 1.74. The third-order valence-corrected chi connectivity index (χ3v) is 2.98. The smallest absolute Gasteiger partial charge is 0.336 e. The van der Waals surface area contributed by atoms with Gasteiger partial charge in [-0.3, -0.25) is 10.1 Å². The molecule has 0 unspecified atom stereocenters. The molecule has 122 valence electrons. The predicted molar refractivity (Wildman–Crippen MR) is 80.9 cm³/mol. The number of ether oxygens (including phenoxy) is 2. The first-order valence-electron chi connectivity index (χ1n) is 7.32. The number of nitro groups is 1. The maximum atomic E-state index is 11.2. The van der Waals surface area contributed by atoms with E-state index in [1.165, 1.54) is 6.07 Å². The van der Waals surface area contributed by atoms with E-state index >= 15 is 0 Å². The fraction of sp³-hybridized carbons (Fsp3) is 0.533. The minimum atomic E-state index is -1.25. The minimum absolute atomic E-state index is 0.000414. The number of hydrogen-bond acceptors (Lipinski definition) is 5. The summed E-state index contributed by atoms with van der Waals surface area (Å²) in [7, 11) is 0. The second kappa shape index (κ2) is 8.86. The van der Waals surface area contributed by atoms with Gasteiger partial charge in [-0.05, 0) is 18.9 Å². The molecule has 0 heterocycles. The largest absolute Gasteiger partial charge is 0.489 e. The number of nitrogens with zero attached hydrogens (tertiary/aromatic N) is 1. The lowest BCUT2D eigenvalue weighted by atomic mass is 10.1. The quantitative estimate of drug-likeness (QED) is 0.402. The molecular formula is C15H21NO6. The lowest BCUT2D eigenvalue weighted by Gasteiger charge is -2.13. The lowest BCUT2D eigenvalue weighted by Crippen LogP contribution is -2.07. The number of nitro benzene ring substituents is 1. The molecule has 0 aliphatic heterocycles. The van der Waals surface area contributed by atoms with Gasteiger partial charge < -0.3 is 14.6 Å². The van der Waals surface area contributed by atoms with E-state index in [1.54, 1.807) is 0 Å². The van der Waals surface area contributed by atoms with Crippen molar-refractivity contribution in [1.29, 1.82) is 0 Å². The van der Waals surface area contributed by atoms with Gasteiger partial charge in [-0.15, -0.1) is 0 Å². The van der Waals surface area contributed by atoms with Gasteiger partial charge in [0.2, 0.25) is 5.75 Å². The Labute approximate surface area is 129 Å². The molecule has 7 heteroatoms. The molecule has 0 bridgehead atoms. The highest BCUT2D eigenvalue weighted by Gasteiger charge is 2.24. The predicted octanol–water partition coefficient (Wildman–Crippen LogP) is 3.65. The standard InChI is InChI=1S/C15H21NO6/c1-3-5-7-21-13-10-11(15(17)18)9-12(16(19)20)14(13)22-8-6-4-2/h9-10H,3-8H2,1-2H3,(H,17,18). The number of carboxylic acids is 1. The van der Waals surface area contributed by atoms with Crippen LogP contribution in [0.3, 0.4) is 0 Å². The highest BCUT2D eigenvalue weighted by atomic mass is 16.6. The van der Waals surface area contributed by atoms with Gasteiger partial charge in [0, 0.05) is 6.07 Å². The summed E-state index contributed by atoms with van der Waals surface area (Å²) in [5, 5.41) is 20.3. The normalized spacial score (nSPS) is 10.3. The molecule has 0 fully saturated rings. The Hall–Kier alpha value is -2.31. The Morgan fingerprint density at radius 2 is 1.77 bits per heavy atom. The van der Waals surface area contributed by atoms with Crippen LogP contribution in [0.1, 0.15) is 49.9 Å². The third-order valence-electron chi connectivity index (χ3n) is 2.98. The van der Waals surface area contributed by atoms with E-state index in [0.29, 0.717) is 13.2 Å². The van der Waals surface area contributed by atoms with Crippen LogP contribution in [0.4, 0.5) is 5.69 Å². The van der Waals surface area contributed by atoms with E-state index in [-0.39, 0.29) is 22.7 Å². The van der Waals surface area contributed by atoms with Gasteiger partial charge >= 0.3 is 11.7 Å². The Kier molecular flexibility index (Phi) is 7.15. The fourth-order valence-corrected chi connectivity index (χ4v) is 1.74. The van der Waals surface area contributed by atoms with Crippen LogP contribution in [0.2, 0.25) is 0 Å². The van der Waals surface area contributed by atoms with Gasteiger partial charge in [-0.1, -0.05) is 26.7 Å². The second-order valence-electron chi connectivity index (χ2n) is 4.79. The van der Waals surface area contributed by atoms with Gasteiger partial charge in [-0.25, -0.2) is 4.79 Å². The van der Waals surface area contributed by atoms with Gasteiger partial charge in [0.15, 0.2) is 5.75 Å². The second-order valence-corrected chi connectivity index (χ2v) is 4.79. The highest BCUT2D eigenvalue weighted by molar-refractivity contribution is 5.90. The Morgan fingerprint density at radius 1 is 1.18 bits per heavy atom. The number of benzene rings is 1. The summed E-state index contributed by atoms with van der Waals surface area (Å²) in [5.74, 6) is -1.14. The number of hydrogen-bond donors (Lipinski definition) is 1. The van der Waals surface area contributed by atoms with Crippen LogP contribution in [0.15, 0.2) is 12.1 Å². The van der Waals surface area contributed by atoms with E-state index in [0.717, 1.165) is 31.7 Å². The van der Waals surface area contributed by atoms with Crippen molar-refractivity contribution >= 4 is 11.7 Å². The molecular weight excluding hydrogens is 290 g/mol. The van der Waals surface area contributed by atoms with E-state index in [1.807, 2.05) is 13.8 Å². The summed E-state index contributed by atoms with van der Waals surface area (Å²) in [6, 6.07) is 2.27. The average molecular weight is 311 g/mol. The summed E-state index contributed by atoms with van der Waals surface area (Å²) in [5.41, 5.74) is -0.580. The summed E-state index contributed by atoms with van der Waals surface area (Å²) in [6.07, 6.45) is 3.28. The molecule has 1 aromatic carbocycles. The van der Waals surface area contributed by atoms with Gasteiger partial charge in [0.05, 0.1) is 23.7 Å². The van der Waals surface area contributed by atoms with Crippen molar-refractivity contribution in [3.8, 4) is 11.5 Å². The van der Waals surface area contributed by atoms with Gasteiger partial charge in [0.25, 0.3) is 0 Å². The molecule has 0 atom stereocenters. The zero-order valence-electron chi connectivity index (χ0n) is 12.8. The Balaban J connectivity index is 3.19. The summed E-state index contributed by atoms with van der Waals surface area (Å²) in [6.45, 7) is 4.62. The first kappa shape index (κ1) is 17.7. The van der Waals surface area contributed by atoms with Crippen molar-refractivity contribution < 1.29 is 24.3 Å². The molecule has 0 aromatic heterocycles. The van der Waals surface area contributed by atoms with Crippen LogP contribution < -0.4 is 9.47 Å². The summed E-state index contributed by atoms with van der Waals surface area (Å²) < 4.78 is 11.0. The van der Waals surface area contributed by atoms with E-state index in [4.69, 9.17) is 14.6 Å². The molecule has 1 N–H and O–H groups in total. The number of rotatable bonds is 10. The molecule has 22 heavy (non-hydrogen) atoms. The summed E-state index contributed by atoms with van der Waals surface area (Å²) in [4.78, 5) is 21.6. The maximum Gasteiger partial charge on any atom is 0.336 e. The highest BCUT2D eigenvalue weighted by Crippen LogP contribution is 2.38. The first-order chi connectivity index (χ1) is 10.5. The molecule has 0 aliphatic carbocycles. The van der Waals surface area contributed by atoms with Crippen molar-refractivity contribution in [1.82, 2.24) is 0 Å². The van der Waals surface area contributed by atoms with Crippen LogP contribution in [0.25, 0.3) is 0 Å². The molecule has 0 spiro atoms. The van der Waals surface area contributed by atoms with Crippen molar-refractivity contribution in [3.63, 3.8) is 0 Å². The third kappa shape index (κ3) is 4.91. The SMILES string of the molecule is CCCCOc1cc(C(=O)O)cc([N+](=O)[O-])c1OCCCC. The van der Waals surface area contributed by atoms with E-state index < -0.39 is 10.9 Å². The van der Waals surface area contributed by atoms with Crippen molar-refractivity contribution in [3.05, 3.63) is 27.8 Å². The molecule has 0 saturated heterocycles. The van der Waals surface area contributed by atoms with Crippen molar-refractivity contribution in [2.75, 3.05) is 13.2 Å². The van der Waals surface area contributed by atoms with Crippen LogP contribution in [-0.2, 0) is 0 Å². The molecule has 0 amide bonds. The number of carboxylic acid groups (broad SMARTS) is 1. The average Bonchev–Trinajstić information content (AvgIpc) is 2.48. The zero-order valence-corrected chi connectivity index (χ0v) is 12.8. The number of unbranched alkanes of at least 4 members (excludes halogenated alkanes) is 2. The topological polar surface area (TPSA) is 98.9 Å². The van der Waals surface area contributed by atoms with Crippen LogP contribution in [0.5, 0.6) is 11.5 Å². The Bertz CT molecular complexity index is 529. The maximum absolute atomic E-state index is 11.2. The monoisotopic (exact) mass is 311 g/mol. The molecule has 1 aromatic rings. The first-order valence-corrected chi connectivity index (χ1v) is 7.32. The Morgan fingerprint density at radius 3 is 2.27 bits per heavy atom.